The average molecular weight is 305 g/mol. The molecule has 0 bridgehead atoms. The third-order valence-corrected chi connectivity index (χ3v) is 4.74. The topological polar surface area (TPSA) is 106 Å². The first-order chi connectivity index (χ1) is 9.97. The minimum Gasteiger partial charge on any atom is -0.399 e. The fourth-order valence-corrected chi connectivity index (χ4v) is 3.29. The number of sulfonamides is 1. The van der Waals surface area contributed by atoms with Gasteiger partial charge in [-0.25, -0.2) is 18.1 Å². The molecule has 7 nitrogen and oxygen atoms in total. The average Bonchev–Trinajstić information content (AvgIpc) is 3.02. The lowest BCUT2D eigenvalue weighted by molar-refractivity contribution is 0.578. The van der Waals surface area contributed by atoms with Crippen LogP contribution in [-0.2, 0) is 23.6 Å². The molecule has 4 N–H and O–H groups in total. The number of hydrogen-bond donors (Lipinski definition) is 3. The van der Waals surface area contributed by atoms with E-state index in [-0.39, 0.29) is 11.4 Å². The van der Waals surface area contributed by atoms with Crippen LogP contribution >= 0.6 is 0 Å². The largest absolute Gasteiger partial charge is 0.399 e. The molecule has 0 unspecified atom stereocenters. The highest BCUT2D eigenvalue weighted by molar-refractivity contribution is 7.89. The number of nitrogen functional groups attached to an aromatic ring is 1. The molecule has 21 heavy (non-hydrogen) atoms. The first-order valence-electron chi connectivity index (χ1n) is 6.30. The number of rotatable bonds is 4. The first-order valence-corrected chi connectivity index (χ1v) is 7.78. The minimum absolute atomic E-state index is 0.126. The van der Waals surface area contributed by atoms with Gasteiger partial charge in [0.25, 0.3) is 0 Å². The van der Waals surface area contributed by atoms with Gasteiger partial charge in [-0.15, -0.1) is 0 Å². The summed E-state index contributed by atoms with van der Waals surface area (Å²) >= 11 is 0. The number of hydrogen-bond acceptors (Lipinski definition) is 4. The Hall–Kier alpha value is -2.32. The maximum Gasteiger partial charge on any atom is 0.243 e. The van der Waals surface area contributed by atoms with Crippen molar-refractivity contribution in [2.75, 3.05) is 5.73 Å². The van der Waals surface area contributed by atoms with E-state index in [1.54, 1.807) is 35.2 Å². The lowest BCUT2D eigenvalue weighted by atomic mass is 10.2. The van der Waals surface area contributed by atoms with Gasteiger partial charge in [-0.05, 0) is 18.2 Å². The van der Waals surface area contributed by atoms with Crippen molar-refractivity contribution in [1.29, 1.82) is 0 Å². The molecule has 0 spiro atoms. The Kier molecular flexibility index (Phi) is 3.19. The molecule has 0 saturated carbocycles. The van der Waals surface area contributed by atoms with E-state index < -0.39 is 10.0 Å². The van der Waals surface area contributed by atoms with Crippen LogP contribution in [0.3, 0.4) is 0 Å². The van der Waals surface area contributed by atoms with Crippen LogP contribution in [0.2, 0.25) is 0 Å². The van der Waals surface area contributed by atoms with Crippen molar-refractivity contribution in [3.05, 3.63) is 42.6 Å². The number of nitrogens with zero attached hydrogens (tertiary/aromatic N) is 2. The summed E-state index contributed by atoms with van der Waals surface area (Å²) in [6.07, 6.45) is 4.84. The molecule has 110 valence electrons. The molecule has 1 aromatic carbocycles. The predicted octanol–water partition coefficient (Wildman–Crippen LogP) is 0.962. The van der Waals surface area contributed by atoms with Crippen LogP contribution in [0.15, 0.2) is 41.7 Å². The van der Waals surface area contributed by atoms with Crippen molar-refractivity contribution in [1.82, 2.24) is 19.3 Å². The molecule has 8 heteroatoms. The lowest BCUT2D eigenvalue weighted by Gasteiger charge is -2.06. The summed E-state index contributed by atoms with van der Waals surface area (Å²) in [6.45, 7) is 0.126. The van der Waals surface area contributed by atoms with Gasteiger partial charge in [-0.2, -0.15) is 0 Å². The molecular formula is C13H15N5O2S. The molecule has 0 aliphatic heterocycles. The number of aromatic nitrogens is 3. The van der Waals surface area contributed by atoms with Crippen molar-refractivity contribution in [2.45, 2.75) is 11.4 Å². The van der Waals surface area contributed by atoms with Crippen molar-refractivity contribution in [2.24, 2.45) is 7.05 Å². The lowest BCUT2D eigenvalue weighted by Crippen LogP contribution is -2.24. The number of imidazole rings is 1. The Labute approximate surface area is 121 Å². The molecule has 3 aromatic rings. The standard InChI is InChI=1S/C13H15N5O2S/c1-18-5-4-15-13(18)8-17-21(19,20)12-7-16-11-3-2-9(14)6-10(11)12/h2-7,16-17H,8,14H2,1H3. The first kappa shape index (κ1) is 13.7. The maximum absolute atomic E-state index is 12.4. The van der Waals surface area contributed by atoms with Gasteiger partial charge in [0.05, 0.1) is 6.54 Å². The number of benzene rings is 1. The predicted molar refractivity (Wildman–Crippen MR) is 79.9 cm³/mol. The van der Waals surface area contributed by atoms with Crippen molar-refractivity contribution < 1.29 is 8.42 Å². The molecule has 2 aromatic heterocycles. The molecular weight excluding hydrogens is 290 g/mol. The summed E-state index contributed by atoms with van der Waals surface area (Å²) in [5, 5.41) is 0.572. The second kappa shape index (κ2) is 4.90. The number of nitrogens with one attached hydrogen (secondary N) is 2. The summed E-state index contributed by atoms with van der Waals surface area (Å²) in [4.78, 5) is 7.19. The van der Waals surface area contributed by atoms with Gasteiger partial charge < -0.3 is 15.3 Å². The summed E-state index contributed by atoms with van der Waals surface area (Å²) in [7, 11) is -1.83. The Balaban J connectivity index is 1.93. The monoisotopic (exact) mass is 305 g/mol. The molecule has 0 radical (unpaired) electrons. The minimum atomic E-state index is -3.64. The number of aryl methyl sites for hydroxylation is 1. The summed E-state index contributed by atoms with van der Waals surface area (Å²) in [5.74, 6) is 0.637. The Morgan fingerprint density at radius 3 is 2.95 bits per heavy atom. The van der Waals surface area contributed by atoms with Crippen LogP contribution in [0.25, 0.3) is 10.9 Å². The molecule has 3 rings (SSSR count). The normalized spacial score (nSPS) is 12.0. The van der Waals surface area contributed by atoms with Gasteiger partial charge in [0.2, 0.25) is 10.0 Å². The Bertz CT molecular complexity index is 894. The number of aromatic amines is 1. The van der Waals surface area contributed by atoms with Crippen LogP contribution in [0.5, 0.6) is 0 Å². The maximum atomic E-state index is 12.4. The van der Waals surface area contributed by atoms with E-state index in [9.17, 15) is 8.42 Å². The fourth-order valence-electron chi connectivity index (χ4n) is 2.14. The van der Waals surface area contributed by atoms with E-state index in [1.165, 1.54) is 6.20 Å². The van der Waals surface area contributed by atoms with E-state index in [1.807, 2.05) is 7.05 Å². The van der Waals surface area contributed by atoms with Gasteiger partial charge >= 0.3 is 0 Å². The summed E-state index contributed by atoms with van der Waals surface area (Å²) in [5.41, 5.74) is 6.96. The zero-order valence-electron chi connectivity index (χ0n) is 11.4. The number of anilines is 1. The van der Waals surface area contributed by atoms with Crippen molar-refractivity contribution in [3.63, 3.8) is 0 Å². The van der Waals surface area contributed by atoms with Gasteiger partial charge in [0, 0.05) is 42.2 Å². The van der Waals surface area contributed by atoms with Crippen LogP contribution < -0.4 is 10.5 Å². The molecule has 0 atom stereocenters. The molecule has 2 heterocycles. The molecule has 0 aliphatic rings. The SMILES string of the molecule is Cn1ccnc1CNS(=O)(=O)c1c[nH]c2ccc(N)cc12. The second-order valence-corrected chi connectivity index (χ2v) is 6.47. The highest BCUT2D eigenvalue weighted by Crippen LogP contribution is 2.24. The van der Waals surface area contributed by atoms with Crippen LogP contribution in [0, 0.1) is 0 Å². The van der Waals surface area contributed by atoms with Crippen LogP contribution in [-0.4, -0.2) is 23.0 Å². The Morgan fingerprint density at radius 1 is 1.43 bits per heavy atom. The molecule has 0 amide bonds. The van der Waals surface area contributed by atoms with E-state index in [4.69, 9.17) is 5.73 Å². The van der Waals surface area contributed by atoms with E-state index in [0.717, 1.165) is 5.52 Å². The zero-order chi connectivity index (χ0) is 15.0. The van der Waals surface area contributed by atoms with Crippen LogP contribution in [0.4, 0.5) is 5.69 Å². The van der Waals surface area contributed by atoms with E-state index >= 15 is 0 Å². The third kappa shape index (κ3) is 2.50. The second-order valence-electron chi connectivity index (χ2n) is 4.74. The van der Waals surface area contributed by atoms with E-state index in [2.05, 4.69) is 14.7 Å². The highest BCUT2D eigenvalue weighted by Gasteiger charge is 2.19. The van der Waals surface area contributed by atoms with Gasteiger partial charge in [0.1, 0.15) is 10.7 Å². The van der Waals surface area contributed by atoms with E-state index in [0.29, 0.717) is 16.9 Å². The fraction of sp³-hybridized carbons (Fsp3) is 0.154. The number of H-pyrrole nitrogens is 1. The van der Waals surface area contributed by atoms with Gasteiger partial charge in [0.15, 0.2) is 0 Å². The van der Waals surface area contributed by atoms with Gasteiger partial charge in [-0.1, -0.05) is 0 Å². The van der Waals surface area contributed by atoms with Crippen molar-refractivity contribution in [3.8, 4) is 0 Å². The summed E-state index contributed by atoms with van der Waals surface area (Å²) in [6, 6.07) is 5.11. The molecule has 0 fully saturated rings. The smallest absolute Gasteiger partial charge is 0.243 e. The Morgan fingerprint density at radius 2 is 2.24 bits per heavy atom. The number of fused-ring (bicyclic) bond motifs is 1. The molecule has 0 saturated heterocycles. The van der Waals surface area contributed by atoms with Gasteiger partial charge in [-0.3, -0.25) is 0 Å². The third-order valence-electron chi connectivity index (χ3n) is 3.30. The highest BCUT2D eigenvalue weighted by atomic mass is 32.2. The summed E-state index contributed by atoms with van der Waals surface area (Å²) < 4.78 is 29.1. The molecule has 0 aliphatic carbocycles. The van der Waals surface area contributed by atoms with Crippen LogP contribution in [0.1, 0.15) is 5.82 Å². The quantitative estimate of drug-likeness (QED) is 0.624. The van der Waals surface area contributed by atoms with Crippen molar-refractivity contribution >= 4 is 26.6 Å². The number of nitrogens with two attached hydrogens (primary N) is 1. The zero-order valence-corrected chi connectivity index (χ0v) is 12.2.